The third kappa shape index (κ3) is 52.4. The van der Waals surface area contributed by atoms with Crippen LogP contribution in [-0.4, -0.2) is 578 Å². The van der Waals surface area contributed by atoms with Gasteiger partial charge in [0.2, 0.25) is 5.91 Å². The zero-order chi connectivity index (χ0) is 85.9. The lowest BCUT2D eigenvalue weighted by Crippen LogP contribution is -2.54. The van der Waals surface area contributed by atoms with Crippen LogP contribution >= 0.6 is 0 Å². The predicted molar refractivity (Wildman–Crippen MR) is 377 cm³/mol. The topological polar surface area (TPSA) is 834 Å². The summed E-state index contributed by atoms with van der Waals surface area (Å²) in [4.78, 5) is 14.6. The number of carbonyl (C=O) groups is 1. The predicted octanol–water partition coefficient (Wildman–Crippen LogP) is -22.4. The molecule has 0 radical (unpaired) electrons. The molecule has 30 atom stereocenters. The van der Waals surface area contributed by atoms with E-state index in [-0.39, 0.29) is 119 Å². The average molecular weight is 1680 g/mol. The van der Waals surface area contributed by atoms with Crippen LogP contribution in [-0.2, 0) is 52.2 Å². The third-order valence-electron chi connectivity index (χ3n) is 16.1. The van der Waals surface area contributed by atoms with Gasteiger partial charge in [-0.15, -0.1) is 0 Å². The number of aliphatic hydroxyl groups is 33. The van der Waals surface area contributed by atoms with Crippen LogP contribution in [0.2, 0.25) is 0 Å². The molecule has 113 heavy (non-hydrogen) atoms. The Balaban J connectivity index is 4.37. The average Bonchev–Trinajstić information content (AvgIpc) is 0.867. The Labute approximate surface area is 651 Å². The van der Waals surface area contributed by atoms with Crippen molar-refractivity contribution in [1.29, 1.82) is 0 Å². The molecule has 0 aromatic heterocycles. The highest BCUT2D eigenvalue weighted by atomic mass is 16.6. The Kier molecular flexibility index (Phi) is 63.1. The van der Waals surface area contributed by atoms with E-state index in [0.29, 0.717) is 0 Å². The molecule has 0 saturated heterocycles. The first-order valence-corrected chi connectivity index (χ1v) is 36.4. The van der Waals surface area contributed by atoms with Gasteiger partial charge in [-0.05, 0) is 0 Å². The maximum absolute atomic E-state index is 12.4. The molecule has 0 bridgehead atoms. The largest absolute Gasteiger partial charge is 0.394 e. The van der Waals surface area contributed by atoms with E-state index < -0.39 is 288 Å². The van der Waals surface area contributed by atoms with Crippen molar-refractivity contribution in [2.45, 2.75) is 190 Å². The van der Waals surface area contributed by atoms with Crippen LogP contribution in [0.15, 0.2) is 0 Å². The van der Waals surface area contributed by atoms with Gasteiger partial charge in [0.05, 0.1) is 213 Å². The van der Waals surface area contributed by atoms with Crippen molar-refractivity contribution in [3.63, 3.8) is 0 Å². The second-order valence-electron chi connectivity index (χ2n) is 27.4. The molecule has 0 aliphatic rings. The van der Waals surface area contributed by atoms with Crippen molar-refractivity contribution in [2.24, 2.45) is 5.73 Å². The van der Waals surface area contributed by atoms with Crippen molar-refractivity contribution < 1.29 is 221 Å². The Morgan fingerprint density at radius 2 is 0.425 bits per heavy atom. The molecule has 0 aliphatic carbocycles. The highest BCUT2D eigenvalue weighted by molar-refractivity contribution is 5.76. The molecule has 37 N–H and O–H groups in total. The molecule has 0 aromatic rings. The summed E-state index contributed by atoms with van der Waals surface area (Å²) in [6, 6.07) is -1.18. The summed E-state index contributed by atoms with van der Waals surface area (Å²) in [5.41, 5.74) is 5.91. The molecule has 0 aliphatic heterocycles. The lowest BCUT2D eigenvalue weighted by atomic mass is 10.0. The number of rotatable bonds is 76. The van der Waals surface area contributed by atoms with E-state index in [0.717, 1.165) is 9.80 Å². The molecular weight excluding hydrogens is 1540 g/mol. The summed E-state index contributed by atoms with van der Waals surface area (Å²) in [6.45, 7) is -15.1. The Morgan fingerprint density at radius 3 is 0.628 bits per heavy atom. The number of aliphatic hydroxyl groups excluding tert-OH is 33. The zero-order valence-electron chi connectivity index (χ0n) is 62.9. The molecule has 0 saturated carbocycles. The van der Waals surface area contributed by atoms with Crippen LogP contribution in [0.4, 0.5) is 0 Å². The fraction of sp³-hybridized carbons (Fsp3) is 0.984. The second kappa shape index (κ2) is 64.5. The first kappa shape index (κ1) is 111. The van der Waals surface area contributed by atoms with Gasteiger partial charge in [0, 0.05) is 58.8 Å². The summed E-state index contributed by atoms with van der Waals surface area (Å²) < 4.78 is 52.6. The second-order valence-corrected chi connectivity index (χ2v) is 27.4. The fourth-order valence-corrected chi connectivity index (χ4v) is 9.83. The van der Waals surface area contributed by atoms with Gasteiger partial charge in [-0.3, -0.25) is 19.9 Å². The highest BCUT2D eigenvalue weighted by Crippen LogP contribution is 2.15. The Bertz CT molecular complexity index is 2190. The van der Waals surface area contributed by atoms with E-state index in [1.54, 1.807) is 0 Å². The number of nitrogens with two attached hydrogens (primary N) is 1. The monoisotopic (exact) mass is 1680 g/mol. The van der Waals surface area contributed by atoms with Gasteiger partial charge in [-0.2, -0.15) is 0 Å². The molecule has 0 spiro atoms. The van der Waals surface area contributed by atoms with Gasteiger partial charge in [-0.1, -0.05) is 0 Å². The van der Waals surface area contributed by atoms with E-state index in [1.165, 1.54) is 0 Å². The van der Waals surface area contributed by atoms with Gasteiger partial charge < -0.3 is 227 Å². The van der Waals surface area contributed by atoms with Crippen LogP contribution in [0.3, 0.4) is 0 Å². The minimum atomic E-state index is -2.06. The molecule has 49 nitrogen and oxygen atoms in total. The van der Waals surface area contributed by atoms with Crippen LogP contribution in [0.25, 0.3) is 0 Å². The number of hydrogen-bond donors (Lipinski definition) is 36. The normalized spacial score (nSPS) is 20.6. The van der Waals surface area contributed by atoms with E-state index >= 15 is 0 Å². The van der Waals surface area contributed by atoms with Gasteiger partial charge in [0.25, 0.3) is 0 Å². The fourth-order valence-electron chi connectivity index (χ4n) is 9.83. The molecule has 0 heterocycles. The van der Waals surface area contributed by atoms with Crippen LogP contribution in [0.1, 0.15) is 6.42 Å². The standard InChI is InChI=1S/C64H133N5O44/c65-46(64(103)67-3-35(75)15-105-19-39(79)23-109-27-43(83)31-113-33-45(85)29-111-25-41(81)21-107-17-37(77)5-69(8-49(88)58(97)62(101)53(92)12-72)9-50(89)59(98)63(102)54(93)13-73)1-55(94)66-2-34(74)14-104-18-38(78)22-108-26-42(82)30-112-32-44(84)28-110-24-40(80)20-106-16-36(76)4-68(6-47(86)56(95)60(99)51(90)10-70)7-48(87)57(96)61(100)52(91)11-71/h34-54,56-64,67,70-93,95-103H,1-33,65H2,(H,66,94)/t34?,35?,36?,37?,38?,39?,40?,41?,42?,43?,44?,45?,46-,47+,48+,49+,50+,51-,52-,53-,54-,56-,57-,58-,59-,60-,61-,62-,63-,64?/m1/s1. The maximum atomic E-state index is 12.4. The van der Waals surface area contributed by atoms with Crippen LogP contribution in [0.5, 0.6) is 0 Å². The van der Waals surface area contributed by atoms with Crippen LogP contribution < -0.4 is 16.4 Å². The minimum Gasteiger partial charge on any atom is -0.394 e. The summed E-state index contributed by atoms with van der Waals surface area (Å²) in [6.07, 6.45) is -48.5. The van der Waals surface area contributed by atoms with Crippen LogP contribution in [0, 0.1) is 0 Å². The van der Waals surface area contributed by atoms with Crippen molar-refractivity contribution >= 4 is 5.91 Å². The first-order chi connectivity index (χ1) is 53.2. The van der Waals surface area contributed by atoms with Crippen molar-refractivity contribution in [3.8, 4) is 0 Å². The quantitative estimate of drug-likeness (QED) is 0.0251. The van der Waals surface area contributed by atoms with Gasteiger partial charge >= 0.3 is 0 Å². The maximum Gasteiger partial charge on any atom is 0.221 e. The molecule has 13 unspecified atom stereocenters. The van der Waals surface area contributed by atoms with Gasteiger partial charge in [0.1, 0.15) is 128 Å². The summed E-state index contributed by atoms with van der Waals surface area (Å²) in [5, 5.41) is 337. The van der Waals surface area contributed by atoms with E-state index in [2.05, 4.69) is 10.6 Å². The number of hydrogen-bond acceptors (Lipinski definition) is 48. The van der Waals surface area contributed by atoms with E-state index in [4.69, 9.17) is 73.5 Å². The minimum absolute atomic E-state index is 0.266. The number of carbonyl (C=O) groups excluding carboxylic acids is 1. The molecule has 1 amide bonds. The number of nitrogens with one attached hydrogen (secondary N) is 2. The first-order valence-electron chi connectivity index (χ1n) is 36.4. The van der Waals surface area contributed by atoms with Gasteiger partial charge in [0.15, 0.2) is 0 Å². The summed E-state index contributed by atoms with van der Waals surface area (Å²) in [5.74, 6) is -0.669. The molecule has 0 rings (SSSR count). The number of nitrogens with zero attached hydrogens (tertiary/aromatic N) is 2. The highest BCUT2D eigenvalue weighted by Gasteiger charge is 2.38. The summed E-state index contributed by atoms with van der Waals surface area (Å²) in [7, 11) is 0. The van der Waals surface area contributed by atoms with Crippen molar-refractivity contribution in [1.82, 2.24) is 20.4 Å². The lowest BCUT2D eigenvalue weighted by Gasteiger charge is -2.34. The zero-order valence-corrected chi connectivity index (χ0v) is 62.9. The number of amides is 1. The van der Waals surface area contributed by atoms with Gasteiger partial charge in [-0.25, -0.2) is 0 Å². The third-order valence-corrected chi connectivity index (χ3v) is 16.1. The molecule has 0 aromatic carbocycles. The molecular formula is C64H133N5O44. The van der Waals surface area contributed by atoms with Crippen molar-refractivity contribution in [2.75, 3.05) is 211 Å². The molecule has 49 heteroatoms. The lowest BCUT2D eigenvalue weighted by molar-refractivity contribution is -0.133. The van der Waals surface area contributed by atoms with E-state index in [9.17, 15) is 153 Å². The Hall–Kier alpha value is -2.41. The van der Waals surface area contributed by atoms with Crippen molar-refractivity contribution in [3.05, 3.63) is 0 Å². The molecule has 678 valence electrons. The van der Waals surface area contributed by atoms with E-state index in [1.807, 2.05) is 0 Å². The molecule has 0 fully saturated rings. The number of ether oxygens (including phenoxy) is 10. The Morgan fingerprint density at radius 1 is 0.248 bits per heavy atom. The summed E-state index contributed by atoms with van der Waals surface area (Å²) >= 11 is 0. The SMILES string of the molecule is N[C@H](CC(=O)NCC(O)COCC(O)COCC(O)COCC(O)COCC(O)COCC(O)CN(C[C@H](O)[C@@H](O)[C@H](O)[C@H](O)CO)C[C@H](O)[C@@H](O)[C@H](O)[C@H](O)CO)C(O)NCC(O)COCC(O)COCC(O)COCC(O)COCC(O)COCC(O)CN(C[C@H](O)[C@@H](O)[C@H](O)[C@H](O)CO)C[C@H](O)[C@@H](O)[C@H](O)[C@H](O)CO. The smallest absolute Gasteiger partial charge is 0.221 e.